The van der Waals surface area contributed by atoms with E-state index in [4.69, 9.17) is 4.74 Å². The molecule has 0 radical (unpaired) electrons. The molecule has 170 valence electrons. The van der Waals surface area contributed by atoms with Gasteiger partial charge >= 0.3 is 6.09 Å². The molecule has 1 fully saturated rings. The van der Waals surface area contributed by atoms with Crippen LogP contribution in [-0.2, 0) is 14.8 Å². The van der Waals surface area contributed by atoms with Crippen LogP contribution >= 0.6 is 0 Å². The van der Waals surface area contributed by atoms with Crippen LogP contribution in [0.2, 0.25) is 0 Å². The van der Waals surface area contributed by atoms with Crippen LogP contribution in [0, 0.1) is 11.6 Å². The van der Waals surface area contributed by atoms with Crippen molar-refractivity contribution in [2.24, 2.45) is 0 Å². The molecule has 2 aromatic rings. The van der Waals surface area contributed by atoms with E-state index in [1.165, 1.54) is 0 Å². The third-order valence-corrected chi connectivity index (χ3v) is 5.31. The zero-order chi connectivity index (χ0) is 22.8. The molecule has 1 aromatic heterocycles. The minimum absolute atomic E-state index is 0.00704. The lowest BCUT2D eigenvalue weighted by molar-refractivity contribution is 0.0981. The van der Waals surface area contributed by atoms with Gasteiger partial charge in [-0.25, -0.2) is 22.0 Å². The Morgan fingerprint density at radius 2 is 1.87 bits per heavy atom. The number of carbonyl (C=O) groups is 1. The van der Waals surface area contributed by atoms with E-state index in [9.17, 15) is 22.0 Å². The Labute approximate surface area is 179 Å². The van der Waals surface area contributed by atoms with Gasteiger partial charge in [0, 0.05) is 35.9 Å². The molecule has 0 spiro atoms. The van der Waals surface area contributed by atoms with Gasteiger partial charge in [0.2, 0.25) is 10.0 Å². The topological polar surface area (TPSA) is 125 Å². The average molecular weight is 458 g/mol. The number of anilines is 3. The highest BCUT2D eigenvalue weighted by atomic mass is 32.2. The summed E-state index contributed by atoms with van der Waals surface area (Å²) in [5.41, 5.74) is 0.119. The number of benzene rings is 1. The van der Waals surface area contributed by atoms with Crippen LogP contribution in [0.3, 0.4) is 0 Å². The molecule has 0 aliphatic heterocycles. The minimum atomic E-state index is -3.74. The van der Waals surface area contributed by atoms with Crippen molar-refractivity contribution in [3.05, 3.63) is 35.5 Å². The van der Waals surface area contributed by atoms with Crippen molar-refractivity contribution in [3.63, 3.8) is 0 Å². The molecule has 31 heavy (non-hydrogen) atoms. The van der Waals surface area contributed by atoms with Crippen molar-refractivity contribution in [1.29, 1.82) is 0 Å². The number of halogens is 2. The monoisotopic (exact) mass is 457 g/mol. The van der Waals surface area contributed by atoms with Gasteiger partial charge in [0.25, 0.3) is 0 Å². The number of hydrogen-bond donors (Lipinski definition) is 4. The Morgan fingerprint density at radius 3 is 2.55 bits per heavy atom. The lowest BCUT2D eigenvalue weighted by atomic mass is 10.0. The summed E-state index contributed by atoms with van der Waals surface area (Å²) in [6.07, 6.45) is 2.32. The molecule has 3 rings (SSSR count). The number of aromatic amines is 1. The smallest absolute Gasteiger partial charge is 0.407 e. The van der Waals surface area contributed by atoms with Gasteiger partial charge in [0.1, 0.15) is 17.7 Å². The molecule has 1 aliphatic rings. The van der Waals surface area contributed by atoms with Crippen LogP contribution < -0.4 is 15.4 Å². The van der Waals surface area contributed by atoms with E-state index in [2.05, 4.69) is 20.8 Å². The van der Waals surface area contributed by atoms with Gasteiger partial charge in [0.15, 0.2) is 5.82 Å². The molecular weight excluding hydrogens is 432 g/mol. The normalized spacial score (nSPS) is 18.8. The number of ether oxygens (including phenoxy) is 1. The quantitative estimate of drug-likeness (QED) is 0.504. The number of nitrogens with zero attached hydrogens (tertiary/aromatic N) is 1. The highest BCUT2D eigenvalue weighted by Gasteiger charge is 2.30. The largest absolute Gasteiger partial charge is 0.446 e. The van der Waals surface area contributed by atoms with Gasteiger partial charge in [-0.15, -0.1) is 0 Å². The Hall–Kier alpha value is -2.89. The number of rotatable bonds is 7. The maximum Gasteiger partial charge on any atom is 0.407 e. The molecule has 1 saturated carbocycles. The van der Waals surface area contributed by atoms with Gasteiger partial charge in [-0.1, -0.05) is 0 Å². The fourth-order valence-corrected chi connectivity index (χ4v) is 3.97. The lowest BCUT2D eigenvalue weighted by Gasteiger charge is -2.14. The van der Waals surface area contributed by atoms with Crippen LogP contribution in [0.25, 0.3) is 0 Å². The minimum Gasteiger partial charge on any atom is -0.446 e. The van der Waals surface area contributed by atoms with E-state index in [1.807, 2.05) is 18.6 Å². The van der Waals surface area contributed by atoms with Crippen molar-refractivity contribution in [1.82, 2.24) is 15.5 Å². The molecule has 12 heteroatoms. The summed E-state index contributed by atoms with van der Waals surface area (Å²) in [4.78, 5) is 11.8. The maximum absolute atomic E-state index is 14.3. The zero-order valence-electron chi connectivity index (χ0n) is 17.3. The molecule has 0 saturated heterocycles. The summed E-state index contributed by atoms with van der Waals surface area (Å²) in [7, 11) is -3.74. The Balaban J connectivity index is 1.63. The van der Waals surface area contributed by atoms with Gasteiger partial charge in [-0.3, -0.25) is 9.82 Å². The molecular formula is C19H25F2N5O4S. The van der Waals surface area contributed by atoms with E-state index in [-0.39, 0.29) is 29.6 Å². The first kappa shape index (κ1) is 22.8. The molecule has 1 heterocycles. The average Bonchev–Trinajstić information content (AvgIpc) is 3.26. The summed E-state index contributed by atoms with van der Waals surface area (Å²) >= 11 is 0. The highest BCUT2D eigenvalue weighted by Crippen LogP contribution is 2.36. The molecule has 1 aromatic carbocycles. The van der Waals surface area contributed by atoms with Crippen molar-refractivity contribution in [2.75, 3.05) is 16.3 Å². The number of aromatic nitrogens is 2. The lowest BCUT2D eigenvalue weighted by Crippen LogP contribution is -2.33. The van der Waals surface area contributed by atoms with Crippen LogP contribution in [0.1, 0.15) is 44.7 Å². The van der Waals surface area contributed by atoms with Crippen molar-refractivity contribution in [3.8, 4) is 0 Å². The second-order valence-electron chi connectivity index (χ2n) is 7.86. The van der Waals surface area contributed by atoms with E-state index in [1.54, 1.807) is 6.07 Å². The molecule has 2 atom stereocenters. The number of amides is 1. The molecule has 1 amide bonds. The fourth-order valence-electron chi connectivity index (χ4n) is 3.42. The predicted molar refractivity (Wildman–Crippen MR) is 112 cm³/mol. The third kappa shape index (κ3) is 6.29. The molecule has 4 N–H and O–H groups in total. The number of carbonyl (C=O) groups excluding carboxylic acids is 1. The number of alkyl carbamates (subject to hydrolysis) is 1. The summed E-state index contributed by atoms with van der Waals surface area (Å²) in [6.45, 7) is 3.70. The van der Waals surface area contributed by atoms with E-state index in [0.29, 0.717) is 12.8 Å². The Morgan fingerprint density at radius 1 is 1.19 bits per heavy atom. The van der Waals surface area contributed by atoms with Crippen molar-refractivity contribution < 1.29 is 26.7 Å². The van der Waals surface area contributed by atoms with E-state index >= 15 is 0 Å². The van der Waals surface area contributed by atoms with Crippen molar-refractivity contribution >= 4 is 33.3 Å². The number of hydrogen-bond acceptors (Lipinski definition) is 6. The number of H-pyrrole nitrogens is 1. The number of sulfonamides is 1. The third-order valence-electron chi connectivity index (χ3n) is 4.72. The highest BCUT2D eigenvalue weighted by molar-refractivity contribution is 7.92. The van der Waals surface area contributed by atoms with Crippen LogP contribution in [0.15, 0.2) is 18.2 Å². The van der Waals surface area contributed by atoms with Gasteiger partial charge in [0.05, 0.1) is 17.6 Å². The van der Waals surface area contributed by atoms with Crippen LogP contribution in [-0.4, -0.2) is 43.1 Å². The summed E-state index contributed by atoms with van der Waals surface area (Å²) < 4.78 is 58.2. The van der Waals surface area contributed by atoms with Crippen LogP contribution in [0.4, 0.5) is 30.8 Å². The summed E-state index contributed by atoms with van der Waals surface area (Å²) in [5, 5.41) is 12.3. The Kier molecular flexibility index (Phi) is 6.68. The first-order chi connectivity index (χ1) is 14.5. The second-order valence-corrected chi connectivity index (χ2v) is 9.60. The maximum atomic E-state index is 14.3. The summed E-state index contributed by atoms with van der Waals surface area (Å²) in [5.74, 6) is -1.41. The van der Waals surface area contributed by atoms with Gasteiger partial charge < -0.3 is 15.4 Å². The first-order valence-corrected chi connectivity index (χ1v) is 11.7. The standard InChI is InChI=1S/C19H25F2N5O4S/c1-10(2)22-19(27)30-12-5-4-11(6-12)15-9-18(25-24-15)23-16-7-14(21)17(8-13(16)20)26-31(3,28)29/h7-12,26H,4-6H2,1-3H3,(H,22,27)(H2,23,24,25). The first-order valence-electron chi connectivity index (χ1n) is 9.76. The molecule has 2 unspecified atom stereocenters. The van der Waals surface area contributed by atoms with Gasteiger partial charge in [-0.2, -0.15) is 5.10 Å². The predicted octanol–water partition coefficient (Wildman–Crippen LogP) is 3.57. The van der Waals surface area contributed by atoms with Crippen molar-refractivity contribution in [2.45, 2.75) is 51.2 Å². The summed E-state index contributed by atoms with van der Waals surface area (Å²) in [6, 6.07) is 3.28. The molecule has 0 bridgehead atoms. The Bertz CT molecular complexity index is 1060. The zero-order valence-corrected chi connectivity index (χ0v) is 18.1. The van der Waals surface area contributed by atoms with Crippen LogP contribution in [0.5, 0.6) is 0 Å². The molecule has 1 aliphatic carbocycles. The molecule has 9 nitrogen and oxygen atoms in total. The fraction of sp³-hybridized carbons (Fsp3) is 0.474. The number of nitrogens with one attached hydrogen (secondary N) is 4. The SMILES string of the molecule is CC(C)NC(=O)OC1CCC(c2cc(Nc3cc(F)c(NS(C)(=O)=O)cc3F)n[nH]2)C1. The van der Waals surface area contributed by atoms with E-state index < -0.39 is 33.4 Å². The van der Waals surface area contributed by atoms with Gasteiger partial charge in [-0.05, 0) is 33.1 Å². The second kappa shape index (κ2) is 9.08. The van der Waals surface area contributed by atoms with E-state index in [0.717, 1.165) is 30.5 Å².